The van der Waals surface area contributed by atoms with Crippen molar-refractivity contribution in [1.29, 1.82) is 0 Å². The fourth-order valence-electron chi connectivity index (χ4n) is 1.41. The standard InChI is InChI=1S/C13H12BrClFN3O/c1-2-6-17-13-18-7-8(14)12(19-13)20-10-5-3-4-9(15)11(10)16/h3-5,7H,2,6H2,1H3,(H,17,18,19). The summed E-state index contributed by atoms with van der Waals surface area (Å²) in [6.45, 7) is 2.78. The molecule has 7 heteroatoms. The maximum Gasteiger partial charge on any atom is 0.238 e. The first-order chi connectivity index (χ1) is 9.61. The van der Waals surface area contributed by atoms with Gasteiger partial charge in [0.1, 0.15) is 0 Å². The fraction of sp³-hybridized carbons (Fsp3) is 0.231. The van der Waals surface area contributed by atoms with E-state index in [1.54, 1.807) is 12.3 Å². The summed E-state index contributed by atoms with van der Waals surface area (Å²) in [6.07, 6.45) is 2.49. The van der Waals surface area contributed by atoms with Gasteiger partial charge in [0, 0.05) is 6.54 Å². The number of anilines is 1. The number of ether oxygens (including phenoxy) is 1. The summed E-state index contributed by atoms with van der Waals surface area (Å²) in [5, 5.41) is 3.03. The van der Waals surface area contributed by atoms with Crippen LogP contribution in [0.3, 0.4) is 0 Å². The smallest absolute Gasteiger partial charge is 0.238 e. The van der Waals surface area contributed by atoms with E-state index in [2.05, 4.69) is 31.2 Å². The predicted molar refractivity (Wildman–Crippen MR) is 80.0 cm³/mol. The Morgan fingerprint density at radius 3 is 3.00 bits per heavy atom. The minimum atomic E-state index is -0.622. The normalized spacial score (nSPS) is 10.4. The highest BCUT2D eigenvalue weighted by Gasteiger charge is 2.12. The lowest BCUT2D eigenvalue weighted by atomic mass is 10.3. The van der Waals surface area contributed by atoms with Crippen molar-refractivity contribution in [1.82, 2.24) is 9.97 Å². The maximum atomic E-state index is 13.8. The number of hydrogen-bond acceptors (Lipinski definition) is 4. The molecular weight excluding hydrogens is 349 g/mol. The van der Waals surface area contributed by atoms with Crippen molar-refractivity contribution in [2.45, 2.75) is 13.3 Å². The quantitative estimate of drug-likeness (QED) is 0.843. The van der Waals surface area contributed by atoms with Gasteiger partial charge in [-0.05, 0) is 34.5 Å². The average molecular weight is 361 g/mol. The van der Waals surface area contributed by atoms with Gasteiger partial charge in [0.15, 0.2) is 11.6 Å². The zero-order chi connectivity index (χ0) is 14.5. The van der Waals surface area contributed by atoms with Crippen LogP contribution in [0.5, 0.6) is 11.6 Å². The van der Waals surface area contributed by atoms with Crippen LogP contribution in [0.4, 0.5) is 10.3 Å². The zero-order valence-corrected chi connectivity index (χ0v) is 13.0. The molecule has 2 rings (SSSR count). The van der Waals surface area contributed by atoms with Crippen molar-refractivity contribution < 1.29 is 9.13 Å². The SMILES string of the molecule is CCCNc1ncc(Br)c(Oc2cccc(Cl)c2F)n1. The third-order valence-electron chi connectivity index (χ3n) is 2.37. The molecule has 1 N–H and O–H groups in total. The monoisotopic (exact) mass is 359 g/mol. The first-order valence-electron chi connectivity index (χ1n) is 6.00. The van der Waals surface area contributed by atoms with Gasteiger partial charge in [-0.25, -0.2) is 9.37 Å². The van der Waals surface area contributed by atoms with E-state index in [4.69, 9.17) is 16.3 Å². The number of aromatic nitrogens is 2. The van der Waals surface area contributed by atoms with E-state index >= 15 is 0 Å². The summed E-state index contributed by atoms with van der Waals surface area (Å²) in [4.78, 5) is 8.26. The van der Waals surface area contributed by atoms with Crippen LogP contribution in [0, 0.1) is 5.82 Å². The maximum absolute atomic E-state index is 13.8. The highest BCUT2D eigenvalue weighted by Crippen LogP contribution is 2.31. The first kappa shape index (κ1) is 15.0. The largest absolute Gasteiger partial charge is 0.435 e. The second-order valence-corrected chi connectivity index (χ2v) is 5.19. The van der Waals surface area contributed by atoms with Crippen molar-refractivity contribution in [3.05, 3.63) is 39.7 Å². The predicted octanol–water partition coefficient (Wildman–Crippen LogP) is 4.65. The summed E-state index contributed by atoms with van der Waals surface area (Å²) in [7, 11) is 0. The Morgan fingerprint density at radius 2 is 2.25 bits per heavy atom. The van der Waals surface area contributed by atoms with E-state index in [0.717, 1.165) is 13.0 Å². The van der Waals surface area contributed by atoms with Crippen molar-refractivity contribution in [2.75, 3.05) is 11.9 Å². The van der Waals surface area contributed by atoms with Crippen molar-refractivity contribution in [3.63, 3.8) is 0 Å². The van der Waals surface area contributed by atoms with Gasteiger partial charge in [0.2, 0.25) is 11.8 Å². The Morgan fingerprint density at radius 1 is 1.45 bits per heavy atom. The van der Waals surface area contributed by atoms with Crippen LogP contribution in [-0.4, -0.2) is 16.5 Å². The van der Waals surface area contributed by atoms with E-state index in [0.29, 0.717) is 10.4 Å². The summed E-state index contributed by atoms with van der Waals surface area (Å²) in [6, 6.07) is 4.54. The molecule has 0 unspecified atom stereocenters. The van der Waals surface area contributed by atoms with Gasteiger partial charge < -0.3 is 10.1 Å². The minimum Gasteiger partial charge on any atom is -0.435 e. The second kappa shape index (κ2) is 6.85. The van der Waals surface area contributed by atoms with Gasteiger partial charge in [-0.15, -0.1) is 0 Å². The Balaban J connectivity index is 2.26. The number of nitrogens with zero attached hydrogens (tertiary/aromatic N) is 2. The van der Waals surface area contributed by atoms with Crippen LogP contribution in [0.1, 0.15) is 13.3 Å². The molecule has 0 fully saturated rings. The van der Waals surface area contributed by atoms with E-state index in [1.165, 1.54) is 12.1 Å². The van der Waals surface area contributed by atoms with E-state index < -0.39 is 5.82 Å². The Hall–Kier alpha value is -1.40. The molecule has 1 heterocycles. The number of nitrogens with one attached hydrogen (secondary N) is 1. The van der Waals surface area contributed by atoms with Crippen LogP contribution in [-0.2, 0) is 0 Å². The van der Waals surface area contributed by atoms with E-state index in [-0.39, 0.29) is 16.7 Å². The number of benzene rings is 1. The van der Waals surface area contributed by atoms with Crippen molar-refractivity contribution >= 4 is 33.5 Å². The summed E-state index contributed by atoms with van der Waals surface area (Å²) < 4.78 is 19.8. The van der Waals surface area contributed by atoms with Crippen molar-refractivity contribution in [2.24, 2.45) is 0 Å². The zero-order valence-electron chi connectivity index (χ0n) is 10.7. The highest BCUT2D eigenvalue weighted by atomic mass is 79.9. The molecule has 0 aliphatic rings. The van der Waals surface area contributed by atoms with Crippen LogP contribution >= 0.6 is 27.5 Å². The molecule has 20 heavy (non-hydrogen) atoms. The van der Waals surface area contributed by atoms with Gasteiger partial charge >= 0.3 is 0 Å². The average Bonchev–Trinajstić information content (AvgIpc) is 2.44. The lowest BCUT2D eigenvalue weighted by molar-refractivity contribution is 0.424. The molecule has 0 atom stereocenters. The molecule has 0 saturated carbocycles. The Bertz CT molecular complexity index is 612. The Kier molecular flexibility index (Phi) is 5.14. The summed E-state index contributed by atoms with van der Waals surface area (Å²) >= 11 is 8.97. The van der Waals surface area contributed by atoms with Crippen LogP contribution < -0.4 is 10.1 Å². The highest BCUT2D eigenvalue weighted by molar-refractivity contribution is 9.10. The molecule has 106 valence electrons. The molecule has 0 aliphatic carbocycles. The third kappa shape index (κ3) is 3.58. The van der Waals surface area contributed by atoms with Gasteiger partial charge in [-0.3, -0.25) is 0 Å². The molecule has 1 aromatic carbocycles. The van der Waals surface area contributed by atoms with Gasteiger partial charge in [-0.1, -0.05) is 24.6 Å². The second-order valence-electron chi connectivity index (χ2n) is 3.93. The number of hydrogen-bond donors (Lipinski definition) is 1. The fourth-order valence-corrected chi connectivity index (χ4v) is 1.85. The molecule has 0 amide bonds. The molecular formula is C13H12BrClFN3O. The molecule has 4 nitrogen and oxygen atoms in total. The van der Waals surface area contributed by atoms with Crippen LogP contribution in [0.15, 0.2) is 28.9 Å². The summed E-state index contributed by atoms with van der Waals surface area (Å²) in [5.41, 5.74) is 0. The minimum absolute atomic E-state index is 0.00277. The molecule has 0 spiro atoms. The number of halogens is 3. The van der Waals surface area contributed by atoms with Crippen LogP contribution in [0.25, 0.3) is 0 Å². The third-order valence-corrected chi connectivity index (χ3v) is 3.20. The molecule has 0 bridgehead atoms. The molecule has 0 radical (unpaired) electrons. The van der Waals surface area contributed by atoms with Crippen LogP contribution in [0.2, 0.25) is 5.02 Å². The van der Waals surface area contributed by atoms with Gasteiger partial charge in [0.05, 0.1) is 15.7 Å². The van der Waals surface area contributed by atoms with E-state index in [1.807, 2.05) is 6.92 Å². The molecule has 2 aromatic rings. The van der Waals surface area contributed by atoms with E-state index in [9.17, 15) is 4.39 Å². The molecule has 1 aromatic heterocycles. The Labute approximate surface area is 129 Å². The topological polar surface area (TPSA) is 47.0 Å². The molecule has 0 aliphatic heterocycles. The molecule has 0 saturated heterocycles. The summed E-state index contributed by atoms with van der Waals surface area (Å²) in [5.74, 6) is 0.0355. The lowest BCUT2D eigenvalue weighted by Gasteiger charge is -2.10. The lowest BCUT2D eigenvalue weighted by Crippen LogP contribution is -2.05. The number of rotatable bonds is 5. The van der Waals surface area contributed by atoms with Crippen molar-refractivity contribution in [3.8, 4) is 11.6 Å². The van der Waals surface area contributed by atoms with Gasteiger partial charge in [0.25, 0.3) is 0 Å². The van der Waals surface area contributed by atoms with Gasteiger partial charge in [-0.2, -0.15) is 4.98 Å². The first-order valence-corrected chi connectivity index (χ1v) is 7.17.